The quantitative estimate of drug-likeness (QED) is 0.723. The maximum absolute atomic E-state index is 11.6. The molecule has 1 heterocycles. The molecule has 0 amide bonds. The zero-order chi connectivity index (χ0) is 12.9. The van der Waals surface area contributed by atoms with Crippen molar-refractivity contribution in [1.82, 2.24) is 4.72 Å². The van der Waals surface area contributed by atoms with Crippen LogP contribution in [0.5, 0.6) is 0 Å². The average molecular weight is 279 g/mol. The van der Waals surface area contributed by atoms with Crippen molar-refractivity contribution in [3.8, 4) is 0 Å². The summed E-state index contributed by atoms with van der Waals surface area (Å²) < 4.78 is 30.3. The van der Waals surface area contributed by atoms with Gasteiger partial charge in [-0.3, -0.25) is 0 Å². The van der Waals surface area contributed by atoms with Crippen LogP contribution in [0, 0.1) is 0 Å². The van der Waals surface area contributed by atoms with Crippen molar-refractivity contribution in [2.45, 2.75) is 11.5 Å². The van der Waals surface area contributed by atoms with Crippen LogP contribution >= 0.6 is 11.8 Å². The molecule has 17 heavy (non-hydrogen) atoms. The molecule has 0 bridgehead atoms. The average Bonchev–Trinajstić information content (AvgIpc) is 2.74. The van der Waals surface area contributed by atoms with Crippen molar-refractivity contribution in [2.75, 3.05) is 18.6 Å². The predicted octanol–water partition coefficient (Wildman–Crippen LogP) is 1.01. The molecular formula is C9H13NO5S2. The van der Waals surface area contributed by atoms with Gasteiger partial charge in [0.2, 0.25) is 10.9 Å². The molecule has 1 aromatic heterocycles. The second-order valence-electron chi connectivity index (χ2n) is 3.17. The first-order valence-electron chi connectivity index (χ1n) is 4.79. The molecule has 0 unspecified atom stereocenters. The maximum Gasteiger partial charge on any atom is 0.371 e. The fourth-order valence-electron chi connectivity index (χ4n) is 1.07. The molecule has 1 aromatic rings. The first-order chi connectivity index (χ1) is 7.97. The number of sulfonamides is 1. The minimum absolute atomic E-state index is 0.298. The molecule has 0 radical (unpaired) electrons. The normalized spacial score (nSPS) is 11.6. The number of carboxylic acids is 1. The van der Waals surface area contributed by atoms with Crippen LogP contribution in [0.25, 0.3) is 0 Å². The van der Waals surface area contributed by atoms with Gasteiger partial charge in [-0.1, -0.05) is 0 Å². The van der Waals surface area contributed by atoms with Crippen molar-refractivity contribution >= 4 is 27.8 Å². The van der Waals surface area contributed by atoms with E-state index >= 15 is 0 Å². The van der Waals surface area contributed by atoms with Crippen molar-refractivity contribution in [3.05, 3.63) is 17.9 Å². The Morgan fingerprint density at radius 1 is 1.53 bits per heavy atom. The van der Waals surface area contributed by atoms with Crippen LogP contribution < -0.4 is 4.72 Å². The first-order valence-corrected chi connectivity index (χ1v) is 7.67. The number of furan rings is 1. The third-order valence-electron chi connectivity index (χ3n) is 1.87. The van der Waals surface area contributed by atoms with Gasteiger partial charge in [0, 0.05) is 6.54 Å². The van der Waals surface area contributed by atoms with Gasteiger partial charge in [-0.15, -0.1) is 0 Å². The van der Waals surface area contributed by atoms with Crippen LogP contribution in [0.2, 0.25) is 0 Å². The van der Waals surface area contributed by atoms with E-state index in [2.05, 4.69) is 4.72 Å². The number of hydrogen-bond donors (Lipinski definition) is 2. The van der Waals surface area contributed by atoms with Gasteiger partial charge in [-0.05, 0) is 30.6 Å². The molecule has 0 aromatic carbocycles. The van der Waals surface area contributed by atoms with E-state index in [0.29, 0.717) is 13.0 Å². The summed E-state index contributed by atoms with van der Waals surface area (Å²) in [6, 6.07) is 2.24. The van der Waals surface area contributed by atoms with Crippen molar-refractivity contribution in [1.29, 1.82) is 0 Å². The summed E-state index contributed by atoms with van der Waals surface area (Å²) in [7, 11) is -3.74. The fourth-order valence-corrected chi connectivity index (χ4v) is 2.51. The number of thioether (sulfide) groups is 1. The van der Waals surface area contributed by atoms with E-state index in [1.54, 1.807) is 11.8 Å². The highest BCUT2D eigenvalue weighted by molar-refractivity contribution is 7.98. The lowest BCUT2D eigenvalue weighted by atomic mass is 10.5. The highest BCUT2D eigenvalue weighted by Crippen LogP contribution is 2.13. The Morgan fingerprint density at radius 3 is 2.76 bits per heavy atom. The van der Waals surface area contributed by atoms with Gasteiger partial charge < -0.3 is 9.52 Å². The topological polar surface area (TPSA) is 96.6 Å². The third kappa shape index (κ3) is 4.06. The minimum Gasteiger partial charge on any atom is -0.475 e. The van der Waals surface area contributed by atoms with E-state index in [0.717, 1.165) is 17.9 Å². The smallest absolute Gasteiger partial charge is 0.371 e. The number of hydrogen-bond acceptors (Lipinski definition) is 5. The van der Waals surface area contributed by atoms with Crippen molar-refractivity contribution < 1.29 is 22.7 Å². The molecule has 0 fully saturated rings. The molecule has 0 aliphatic carbocycles. The molecule has 0 aliphatic rings. The van der Waals surface area contributed by atoms with Gasteiger partial charge in [0.1, 0.15) is 0 Å². The molecule has 0 saturated heterocycles. The van der Waals surface area contributed by atoms with E-state index in [1.165, 1.54) is 0 Å². The largest absolute Gasteiger partial charge is 0.475 e. The number of carboxylic acid groups (broad SMARTS) is 1. The van der Waals surface area contributed by atoms with Gasteiger partial charge in [-0.25, -0.2) is 17.9 Å². The molecular weight excluding hydrogens is 266 g/mol. The SMILES string of the molecule is CSCCCNS(=O)(=O)c1ccc(C(=O)O)o1. The lowest BCUT2D eigenvalue weighted by Crippen LogP contribution is -2.24. The van der Waals surface area contributed by atoms with E-state index in [1.807, 2.05) is 6.26 Å². The Morgan fingerprint density at radius 2 is 2.24 bits per heavy atom. The van der Waals surface area contributed by atoms with Crippen molar-refractivity contribution in [3.63, 3.8) is 0 Å². The van der Waals surface area contributed by atoms with E-state index in [-0.39, 0.29) is 5.09 Å². The minimum atomic E-state index is -3.74. The fraction of sp³-hybridized carbons (Fsp3) is 0.444. The van der Waals surface area contributed by atoms with Crippen LogP contribution in [-0.4, -0.2) is 38.0 Å². The third-order valence-corrected chi connectivity index (χ3v) is 3.90. The van der Waals surface area contributed by atoms with Crippen molar-refractivity contribution in [2.24, 2.45) is 0 Å². The molecule has 0 atom stereocenters. The molecule has 0 spiro atoms. The van der Waals surface area contributed by atoms with E-state index < -0.39 is 21.8 Å². The Bertz CT molecular complexity index is 479. The van der Waals surface area contributed by atoms with Gasteiger partial charge >= 0.3 is 5.97 Å². The molecule has 0 aliphatic heterocycles. The standard InChI is InChI=1S/C9H13NO5S2/c1-16-6-2-5-10-17(13,14)8-4-3-7(15-8)9(11)12/h3-4,10H,2,5-6H2,1H3,(H,11,12). The second kappa shape index (κ2) is 6.08. The number of carbonyl (C=O) groups is 1. The van der Waals surface area contributed by atoms with Crippen LogP contribution in [0.15, 0.2) is 21.6 Å². The van der Waals surface area contributed by atoms with Crippen LogP contribution in [0.4, 0.5) is 0 Å². The van der Waals surface area contributed by atoms with Crippen LogP contribution in [0.1, 0.15) is 17.0 Å². The summed E-state index contributed by atoms with van der Waals surface area (Å²) in [5.41, 5.74) is 0. The lowest BCUT2D eigenvalue weighted by Gasteiger charge is -2.02. The summed E-state index contributed by atoms with van der Waals surface area (Å²) in [4.78, 5) is 10.5. The Balaban J connectivity index is 2.66. The van der Waals surface area contributed by atoms with E-state index in [4.69, 9.17) is 9.52 Å². The molecule has 6 nitrogen and oxygen atoms in total. The summed E-state index contributed by atoms with van der Waals surface area (Å²) in [5, 5.41) is 8.22. The lowest BCUT2D eigenvalue weighted by molar-refractivity contribution is 0.0656. The van der Waals surface area contributed by atoms with E-state index in [9.17, 15) is 13.2 Å². The summed E-state index contributed by atoms with van der Waals surface area (Å²) in [6.07, 6.45) is 2.63. The monoisotopic (exact) mass is 279 g/mol. The molecule has 1 rings (SSSR count). The second-order valence-corrected chi connectivity index (χ2v) is 5.85. The van der Waals surface area contributed by atoms with Crippen LogP contribution in [0.3, 0.4) is 0 Å². The molecule has 8 heteroatoms. The Hall–Kier alpha value is -0.990. The Labute approximate surface area is 103 Å². The van der Waals surface area contributed by atoms with Gasteiger partial charge in [0.15, 0.2) is 0 Å². The van der Waals surface area contributed by atoms with Crippen LogP contribution in [-0.2, 0) is 10.0 Å². The van der Waals surface area contributed by atoms with Gasteiger partial charge in [0.25, 0.3) is 10.0 Å². The van der Waals surface area contributed by atoms with Gasteiger partial charge in [-0.2, -0.15) is 11.8 Å². The molecule has 2 N–H and O–H groups in total. The number of aromatic carboxylic acids is 1. The highest BCUT2D eigenvalue weighted by atomic mass is 32.2. The Kier molecular flexibility index (Phi) is 5.03. The highest BCUT2D eigenvalue weighted by Gasteiger charge is 2.20. The molecule has 96 valence electrons. The summed E-state index contributed by atoms with van der Waals surface area (Å²) in [6.45, 7) is 0.298. The molecule has 0 saturated carbocycles. The maximum atomic E-state index is 11.6. The summed E-state index contributed by atoms with van der Waals surface area (Å²) >= 11 is 1.62. The first kappa shape index (κ1) is 14.1. The zero-order valence-corrected chi connectivity index (χ0v) is 10.8. The number of nitrogens with one attached hydrogen (secondary N) is 1. The zero-order valence-electron chi connectivity index (χ0n) is 9.17. The summed E-state index contributed by atoms with van der Waals surface area (Å²) in [5.74, 6) is -0.843. The predicted molar refractivity (Wildman–Crippen MR) is 63.9 cm³/mol. The van der Waals surface area contributed by atoms with Gasteiger partial charge in [0.05, 0.1) is 0 Å². The number of rotatable bonds is 7.